The van der Waals surface area contributed by atoms with Gasteiger partial charge >= 0.3 is 0 Å². The highest BCUT2D eigenvalue weighted by Gasteiger charge is 2.13. The predicted molar refractivity (Wildman–Crippen MR) is 82.2 cm³/mol. The Hall–Kier alpha value is -2.28. The first-order chi connectivity index (χ1) is 10.2. The van der Waals surface area contributed by atoms with Gasteiger partial charge in [0.25, 0.3) is 5.95 Å². The minimum atomic E-state index is -0.115. The average molecular weight is 289 g/mol. The van der Waals surface area contributed by atoms with Gasteiger partial charge in [0.2, 0.25) is 0 Å². The van der Waals surface area contributed by atoms with Crippen LogP contribution in [0.5, 0.6) is 5.75 Å². The number of rotatable bonds is 7. The smallest absolute Gasteiger partial charge is 0.251 e. The van der Waals surface area contributed by atoms with E-state index in [2.05, 4.69) is 38.9 Å². The number of hydrogen-bond donors (Lipinski definition) is 3. The number of hydrogen-bond acceptors (Lipinski definition) is 7. The molecule has 112 valence electrons. The summed E-state index contributed by atoms with van der Waals surface area (Å²) in [6.45, 7) is 5.51. The molecule has 0 amide bonds. The summed E-state index contributed by atoms with van der Waals surface area (Å²) in [6, 6.07) is 1.38. The highest BCUT2D eigenvalue weighted by molar-refractivity contribution is 5.86. The van der Waals surface area contributed by atoms with Crippen LogP contribution in [0.4, 0.5) is 11.8 Å². The summed E-state index contributed by atoms with van der Waals surface area (Å²) in [6.07, 6.45) is 4.21. The molecule has 1 atom stereocenters. The zero-order valence-electron chi connectivity index (χ0n) is 12.0. The van der Waals surface area contributed by atoms with Gasteiger partial charge in [-0.25, -0.2) is 15.0 Å². The molecule has 2 rings (SSSR count). The standard InChI is InChI=1S/C14H19N5O2/c1-3-4-5-9(8-20)17-13-12-11(6-10(21)7-16-12)18-14(15-2)19-13/h6-7,9,20-21H,2-5,8H2,1H3,(H,17,18,19)/t9-/m1/s1. The van der Waals surface area contributed by atoms with Gasteiger partial charge < -0.3 is 15.5 Å². The highest BCUT2D eigenvalue weighted by atomic mass is 16.3. The van der Waals surface area contributed by atoms with Gasteiger partial charge in [-0.3, -0.25) is 0 Å². The Morgan fingerprint density at radius 3 is 2.90 bits per heavy atom. The Balaban J connectivity index is 2.38. The van der Waals surface area contributed by atoms with Crippen LogP contribution in [0.3, 0.4) is 0 Å². The van der Waals surface area contributed by atoms with Gasteiger partial charge in [-0.2, -0.15) is 4.98 Å². The van der Waals surface area contributed by atoms with Gasteiger partial charge in [-0.1, -0.05) is 19.8 Å². The van der Waals surface area contributed by atoms with E-state index < -0.39 is 0 Å². The van der Waals surface area contributed by atoms with Crippen molar-refractivity contribution in [2.45, 2.75) is 32.2 Å². The van der Waals surface area contributed by atoms with Crippen LogP contribution in [0.2, 0.25) is 0 Å². The quantitative estimate of drug-likeness (QED) is 0.674. The second kappa shape index (κ2) is 6.94. The van der Waals surface area contributed by atoms with Crippen LogP contribution in [0, 0.1) is 0 Å². The lowest BCUT2D eigenvalue weighted by Crippen LogP contribution is -2.24. The van der Waals surface area contributed by atoms with Crippen molar-refractivity contribution in [3.63, 3.8) is 0 Å². The van der Waals surface area contributed by atoms with E-state index in [9.17, 15) is 10.2 Å². The Bertz CT molecular complexity index is 632. The first-order valence-corrected chi connectivity index (χ1v) is 6.88. The van der Waals surface area contributed by atoms with E-state index in [1.165, 1.54) is 12.3 Å². The van der Waals surface area contributed by atoms with Crippen LogP contribution in [-0.4, -0.2) is 44.5 Å². The summed E-state index contributed by atoms with van der Waals surface area (Å²) in [4.78, 5) is 16.2. The molecule has 2 heterocycles. The summed E-state index contributed by atoms with van der Waals surface area (Å²) in [5.41, 5.74) is 0.997. The van der Waals surface area contributed by atoms with E-state index in [-0.39, 0.29) is 24.3 Å². The highest BCUT2D eigenvalue weighted by Crippen LogP contribution is 2.24. The van der Waals surface area contributed by atoms with E-state index in [0.717, 1.165) is 19.3 Å². The third-order valence-electron chi connectivity index (χ3n) is 3.12. The lowest BCUT2D eigenvalue weighted by molar-refractivity contribution is 0.267. The van der Waals surface area contributed by atoms with Gasteiger partial charge in [0.05, 0.1) is 18.8 Å². The number of unbranched alkanes of at least 4 members (excludes halogenated alkanes) is 1. The predicted octanol–water partition coefficient (Wildman–Crippen LogP) is 2.03. The molecule has 21 heavy (non-hydrogen) atoms. The molecule has 0 aliphatic rings. The number of fused-ring (bicyclic) bond motifs is 1. The van der Waals surface area contributed by atoms with Crippen molar-refractivity contribution in [2.24, 2.45) is 4.99 Å². The molecule has 0 aliphatic carbocycles. The molecule has 0 radical (unpaired) electrons. The average Bonchev–Trinajstić information content (AvgIpc) is 2.50. The van der Waals surface area contributed by atoms with Gasteiger partial charge in [0.1, 0.15) is 16.8 Å². The monoisotopic (exact) mass is 289 g/mol. The lowest BCUT2D eigenvalue weighted by Gasteiger charge is -2.17. The molecule has 7 heteroatoms. The Kier molecular flexibility index (Phi) is 4.99. The van der Waals surface area contributed by atoms with Gasteiger partial charge in [0.15, 0.2) is 5.82 Å². The maximum Gasteiger partial charge on any atom is 0.251 e. The van der Waals surface area contributed by atoms with Gasteiger partial charge in [-0.05, 0) is 13.1 Å². The number of aliphatic hydroxyl groups is 1. The van der Waals surface area contributed by atoms with Crippen LogP contribution in [-0.2, 0) is 0 Å². The number of aromatic nitrogens is 3. The molecule has 0 aromatic carbocycles. The number of nitrogens with zero attached hydrogens (tertiary/aromatic N) is 4. The Morgan fingerprint density at radius 1 is 1.43 bits per heavy atom. The first-order valence-electron chi connectivity index (χ1n) is 6.88. The van der Waals surface area contributed by atoms with Crippen molar-refractivity contribution in [2.75, 3.05) is 11.9 Å². The molecule has 7 nitrogen and oxygen atoms in total. The number of nitrogens with one attached hydrogen (secondary N) is 1. The molecule has 0 saturated carbocycles. The molecule has 0 bridgehead atoms. The van der Waals surface area contributed by atoms with Gasteiger partial charge in [-0.15, -0.1) is 0 Å². The maximum atomic E-state index is 9.50. The molecule has 0 fully saturated rings. The van der Waals surface area contributed by atoms with E-state index in [0.29, 0.717) is 16.9 Å². The normalized spacial score (nSPS) is 12.3. The van der Waals surface area contributed by atoms with Crippen LogP contribution in [0.1, 0.15) is 26.2 Å². The van der Waals surface area contributed by atoms with E-state index in [4.69, 9.17) is 0 Å². The molecular weight excluding hydrogens is 270 g/mol. The molecule has 0 spiro atoms. The lowest BCUT2D eigenvalue weighted by atomic mass is 10.1. The fourth-order valence-electron chi connectivity index (χ4n) is 2.02. The van der Waals surface area contributed by atoms with Crippen molar-refractivity contribution in [3.05, 3.63) is 12.3 Å². The summed E-state index contributed by atoms with van der Waals surface area (Å²) in [5, 5.41) is 22.1. The van der Waals surface area contributed by atoms with Crippen molar-refractivity contribution in [1.29, 1.82) is 0 Å². The molecular formula is C14H19N5O2. The van der Waals surface area contributed by atoms with Crippen LogP contribution in [0.25, 0.3) is 11.0 Å². The summed E-state index contributed by atoms with van der Waals surface area (Å²) >= 11 is 0. The minimum Gasteiger partial charge on any atom is -0.506 e. The summed E-state index contributed by atoms with van der Waals surface area (Å²) in [5.74, 6) is 0.703. The molecule has 2 aromatic rings. The van der Waals surface area contributed by atoms with Gasteiger partial charge in [0, 0.05) is 6.07 Å². The fraction of sp³-hybridized carbons (Fsp3) is 0.429. The zero-order chi connectivity index (χ0) is 15.2. The number of pyridine rings is 1. The number of aromatic hydroxyl groups is 1. The fourth-order valence-corrected chi connectivity index (χ4v) is 2.02. The number of anilines is 1. The molecule has 0 saturated heterocycles. The summed E-state index contributed by atoms with van der Waals surface area (Å²) in [7, 11) is 0. The second-order valence-electron chi connectivity index (χ2n) is 4.76. The van der Waals surface area contributed by atoms with Crippen molar-refractivity contribution >= 4 is 29.5 Å². The van der Waals surface area contributed by atoms with E-state index in [1.54, 1.807) is 0 Å². The number of aliphatic imine (C=N–C) groups is 1. The SMILES string of the molecule is C=Nc1nc(N[C@@H](CO)CCCC)c2ncc(O)cc2n1. The van der Waals surface area contributed by atoms with Crippen LogP contribution < -0.4 is 5.32 Å². The third-order valence-corrected chi connectivity index (χ3v) is 3.12. The van der Waals surface area contributed by atoms with Crippen molar-refractivity contribution < 1.29 is 10.2 Å². The Morgan fingerprint density at radius 2 is 2.24 bits per heavy atom. The van der Waals surface area contributed by atoms with Crippen molar-refractivity contribution in [1.82, 2.24) is 15.0 Å². The number of aliphatic hydroxyl groups excluding tert-OH is 1. The molecule has 3 N–H and O–H groups in total. The van der Waals surface area contributed by atoms with Crippen molar-refractivity contribution in [3.8, 4) is 5.75 Å². The zero-order valence-corrected chi connectivity index (χ0v) is 12.0. The van der Waals surface area contributed by atoms with Crippen LogP contribution in [0.15, 0.2) is 17.3 Å². The third kappa shape index (κ3) is 3.63. The molecule has 2 aromatic heterocycles. The summed E-state index contributed by atoms with van der Waals surface area (Å²) < 4.78 is 0. The van der Waals surface area contributed by atoms with E-state index >= 15 is 0 Å². The maximum absolute atomic E-state index is 9.50. The van der Waals surface area contributed by atoms with Crippen LogP contribution >= 0.6 is 0 Å². The Labute approximate surface area is 122 Å². The van der Waals surface area contributed by atoms with E-state index in [1.807, 2.05) is 0 Å². The minimum absolute atomic E-state index is 0.000428. The topological polar surface area (TPSA) is 104 Å². The first kappa shape index (κ1) is 15.1. The molecule has 0 unspecified atom stereocenters. The largest absolute Gasteiger partial charge is 0.506 e. The second-order valence-corrected chi connectivity index (χ2v) is 4.76. The molecule has 0 aliphatic heterocycles.